The lowest BCUT2D eigenvalue weighted by Gasteiger charge is -2.08. The zero-order valence-corrected chi connectivity index (χ0v) is 14.0. The molecule has 0 amide bonds. The molecule has 0 aliphatic heterocycles. The molecule has 0 saturated carbocycles. The van der Waals surface area contributed by atoms with Crippen LogP contribution in [0.2, 0.25) is 0 Å². The van der Waals surface area contributed by atoms with E-state index in [0.717, 1.165) is 6.07 Å². The third-order valence-corrected chi connectivity index (χ3v) is 4.55. The van der Waals surface area contributed by atoms with Gasteiger partial charge in [0.1, 0.15) is 5.75 Å². The van der Waals surface area contributed by atoms with Crippen LogP contribution in [-0.2, 0) is 10.0 Å². The van der Waals surface area contributed by atoms with Gasteiger partial charge in [0.05, 0.1) is 27.9 Å². The maximum Gasteiger partial charge on any atom is 0.322 e. The number of nitro groups is 1. The molecule has 0 bridgehead atoms. The number of anilines is 1. The molecule has 0 unspecified atom stereocenters. The number of hydrogen-bond donors (Lipinski definition) is 1. The van der Waals surface area contributed by atoms with Crippen LogP contribution in [0, 0.1) is 10.1 Å². The molecule has 1 heterocycles. The van der Waals surface area contributed by atoms with Gasteiger partial charge in [-0.05, 0) is 18.2 Å². The second-order valence-corrected chi connectivity index (χ2v) is 6.71. The fourth-order valence-electron chi connectivity index (χ4n) is 1.99. The van der Waals surface area contributed by atoms with Crippen LogP contribution < -0.4 is 9.46 Å². The van der Waals surface area contributed by atoms with Crippen molar-refractivity contribution in [1.82, 2.24) is 9.97 Å². The number of aromatic nitrogens is 2. The molecule has 0 spiro atoms. The number of benzene rings is 2. The van der Waals surface area contributed by atoms with Gasteiger partial charge in [-0.2, -0.15) is 0 Å². The Labute approximate surface area is 148 Å². The predicted molar refractivity (Wildman–Crippen MR) is 92.5 cm³/mol. The van der Waals surface area contributed by atoms with E-state index in [1.165, 1.54) is 30.6 Å². The first-order chi connectivity index (χ1) is 12.4. The largest absolute Gasteiger partial charge is 0.424 e. The van der Waals surface area contributed by atoms with E-state index in [1.807, 2.05) is 6.07 Å². The number of nitrogens with one attached hydrogen (secondary N) is 1. The highest BCUT2D eigenvalue weighted by Gasteiger charge is 2.18. The molecule has 0 aliphatic rings. The normalized spacial score (nSPS) is 10.9. The highest BCUT2D eigenvalue weighted by atomic mass is 32.2. The fourth-order valence-corrected chi connectivity index (χ4v) is 3.06. The molecule has 10 heteroatoms. The lowest BCUT2D eigenvalue weighted by atomic mass is 10.3. The van der Waals surface area contributed by atoms with Crippen LogP contribution in [0.5, 0.6) is 11.8 Å². The van der Waals surface area contributed by atoms with E-state index < -0.39 is 14.9 Å². The van der Waals surface area contributed by atoms with Crippen molar-refractivity contribution >= 4 is 21.4 Å². The Kier molecular flexibility index (Phi) is 4.76. The monoisotopic (exact) mass is 372 g/mol. The minimum absolute atomic E-state index is 0.0505. The molecule has 0 radical (unpaired) electrons. The fraction of sp³-hybridized carbons (Fsp3) is 0. The molecule has 26 heavy (non-hydrogen) atoms. The standard InChI is InChI=1S/C16H12N4O5S/c21-20(22)13-5-4-8-15(9-13)26(23,24)19-12-10-17-16(18-11-12)25-14-6-2-1-3-7-14/h1-11,19H. The van der Waals surface area contributed by atoms with Gasteiger partial charge in [-0.15, -0.1) is 0 Å². The van der Waals surface area contributed by atoms with E-state index in [2.05, 4.69) is 14.7 Å². The summed E-state index contributed by atoms with van der Waals surface area (Å²) in [6.07, 6.45) is 2.47. The average Bonchev–Trinajstić information content (AvgIpc) is 2.64. The summed E-state index contributed by atoms with van der Waals surface area (Å²) in [4.78, 5) is 17.7. The molecule has 3 rings (SSSR count). The lowest BCUT2D eigenvalue weighted by Crippen LogP contribution is -2.13. The van der Waals surface area contributed by atoms with Gasteiger partial charge >= 0.3 is 6.01 Å². The highest BCUT2D eigenvalue weighted by molar-refractivity contribution is 7.92. The van der Waals surface area contributed by atoms with Crippen LogP contribution in [0.15, 0.2) is 71.9 Å². The minimum Gasteiger partial charge on any atom is -0.424 e. The van der Waals surface area contributed by atoms with Crippen LogP contribution in [0.1, 0.15) is 0 Å². The van der Waals surface area contributed by atoms with Crippen molar-refractivity contribution in [2.75, 3.05) is 4.72 Å². The summed E-state index contributed by atoms with van der Waals surface area (Å²) in [6, 6.07) is 13.6. The van der Waals surface area contributed by atoms with Gasteiger partial charge in [-0.3, -0.25) is 14.8 Å². The number of rotatable bonds is 6. The van der Waals surface area contributed by atoms with Crippen molar-refractivity contribution in [2.45, 2.75) is 4.90 Å². The Morgan fingerprint density at radius 3 is 2.35 bits per heavy atom. The van der Waals surface area contributed by atoms with Gasteiger partial charge in [0.2, 0.25) is 0 Å². The second kappa shape index (κ2) is 7.15. The van der Waals surface area contributed by atoms with E-state index in [4.69, 9.17) is 4.74 Å². The van der Waals surface area contributed by atoms with Gasteiger partial charge < -0.3 is 4.74 Å². The van der Waals surface area contributed by atoms with E-state index in [1.54, 1.807) is 24.3 Å². The van der Waals surface area contributed by atoms with Gasteiger partial charge in [0, 0.05) is 12.1 Å². The van der Waals surface area contributed by atoms with Crippen molar-refractivity contribution in [3.05, 3.63) is 77.1 Å². The Morgan fingerprint density at radius 1 is 1.00 bits per heavy atom. The van der Waals surface area contributed by atoms with Gasteiger partial charge in [0.25, 0.3) is 15.7 Å². The maximum atomic E-state index is 12.3. The summed E-state index contributed by atoms with van der Waals surface area (Å²) in [7, 11) is -4.02. The van der Waals surface area contributed by atoms with Crippen molar-refractivity contribution < 1.29 is 18.1 Å². The molecule has 0 saturated heterocycles. The molecule has 2 aromatic carbocycles. The molecule has 0 fully saturated rings. The molecular formula is C16H12N4O5S. The first kappa shape index (κ1) is 17.3. The van der Waals surface area contributed by atoms with E-state index >= 15 is 0 Å². The quantitative estimate of drug-likeness (QED) is 0.521. The summed E-state index contributed by atoms with van der Waals surface area (Å²) < 4.78 is 32.3. The van der Waals surface area contributed by atoms with Crippen LogP contribution >= 0.6 is 0 Å². The Morgan fingerprint density at radius 2 is 1.69 bits per heavy atom. The molecule has 1 aromatic heterocycles. The van der Waals surface area contributed by atoms with Crippen molar-refractivity contribution in [2.24, 2.45) is 0 Å². The topological polar surface area (TPSA) is 124 Å². The van der Waals surface area contributed by atoms with E-state index in [-0.39, 0.29) is 22.3 Å². The highest BCUT2D eigenvalue weighted by Crippen LogP contribution is 2.21. The van der Waals surface area contributed by atoms with E-state index in [9.17, 15) is 18.5 Å². The molecule has 3 aromatic rings. The summed E-state index contributed by atoms with van der Waals surface area (Å²) >= 11 is 0. The third kappa shape index (κ3) is 4.11. The molecular weight excluding hydrogens is 360 g/mol. The summed E-state index contributed by atoms with van der Waals surface area (Å²) in [5.74, 6) is 0.539. The van der Waals surface area contributed by atoms with Crippen LogP contribution in [0.3, 0.4) is 0 Å². The Hall–Kier alpha value is -3.53. The van der Waals surface area contributed by atoms with E-state index in [0.29, 0.717) is 5.75 Å². The van der Waals surface area contributed by atoms with Gasteiger partial charge in [-0.1, -0.05) is 24.3 Å². The molecule has 0 atom stereocenters. The first-order valence-corrected chi connectivity index (χ1v) is 8.74. The van der Waals surface area contributed by atoms with Crippen molar-refractivity contribution in [3.8, 4) is 11.8 Å². The van der Waals surface area contributed by atoms with Gasteiger partial charge in [0.15, 0.2) is 0 Å². The molecule has 132 valence electrons. The number of non-ortho nitro benzene ring substituents is 1. The molecule has 9 nitrogen and oxygen atoms in total. The number of hydrogen-bond acceptors (Lipinski definition) is 7. The minimum atomic E-state index is -4.02. The van der Waals surface area contributed by atoms with Crippen molar-refractivity contribution in [1.29, 1.82) is 0 Å². The van der Waals surface area contributed by atoms with Crippen LogP contribution in [0.4, 0.5) is 11.4 Å². The number of nitrogens with zero attached hydrogens (tertiary/aromatic N) is 3. The number of para-hydroxylation sites is 1. The average molecular weight is 372 g/mol. The zero-order chi connectivity index (χ0) is 18.6. The predicted octanol–water partition coefficient (Wildman–Crippen LogP) is 2.98. The summed E-state index contributed by atoms with van der Waals surface area (Å²) in [5, 5.41) is 10.8. The molecule has 1 N–H and O–H groups in total. The lowest BCUT2D eigenvalue weighted by molar-refractivity contribution is -0.385. The summed E-state index contributed by atoms with van der Waals surface area (Å²) in [6.45, 7) is 0. The van der Waals surface area contributed by atoms with Gasteiger partial charge in [-0.25, -0.2) is 18.4 Å². The number of nitro benzene ring substituents is 1. The Balaban J connectivity index is 1.76. The maximum absolute atomic E-state index is 12.3. The third-order valence-electron chi connectivity index (χ3n) is 3.17. The summed E-state index contributed by atoms with van der Waals surface area (Å²) in [5.41, 5.74) is -0.229. The first-order valence-electron chi connectivity index (χ1n) is 7.26. The SMILES string of the molecule is O=[N+]([O-])c1cccc(S(=O)(=O)Nc2cnc(Oc3ccccc3)nc2)c1. The molecule has 0 aliphatic carbocycles. The number of ether oxygens (including phenoxy) is 1. The zero-order valence-electron chi connectivity index (χ0n) is 13.1. The van der Waals surface area contributed by atoms with Crippen LogP contribution in [0.25, 0.3) is 0 Å². The smallest absolute Gasteiger partial charge is 0.322 e. The van der Waals surface area contributed by atoms with Crippen LogP contribution in [-0.4, -0.2) is 23.3 Å². The van der Waals surface area contributed by atoms with Crippen molar-refractivity contribution in [3.63, 3.8) is 0 Å². The number of sulfonamides is 1. The second-order valence-electron chi connectivity index (χ2n) is 5.03. The Bertz CT molecular complexity index is 1020.